The van der Waals surface area contributed by atoms with Crippen LogP contribution in [0.25, 0.3) is 0 Å². The largest absolute Gasteiger partial charge is 0.497 e. The van der Waals surface area contributed by atoms with E-state index in [0.29, 0.717) is 0 Å². The van der Waals surface area contributed by atoms with Crippen molar-refractivity contribution >= 4 is 11.5 Å². The maximum Gasteiger partial charge on any atom is 0.118 e. The summed E-state index contributed by atoms with van der Waals surface area (Å²) in [6.07, 6.45) is 1.81. The fourth-order valence-corrected chi connectivity index (χ4v) is 2.29. The number of ether oxygens (including phenoxy) is 1. The van der Waals surface area contributed by atoms with Crippen LogP contribution in [0.15, 0.2) is 30.5 Å². The second-order valence-electron chi connectivity index (χ2n) is 3.58. The second-order valence-corrected chi connectivity index (χ2v) is 4.40. The lowest BCUT2D eigenvalue weighted by molar-refractivity contribution is 0.414. The quantitative estimate of drug-likeness (QED) is 0.883. The smallest absolute Gasteiger partial charge is 0.118 e. The standard InChI is InChI=1S/C12H15N3OS/c1-3-13-12(11-8-14-15-17-11)9-4-6-10(16-2)7-5-9/h4-8,12-13H,3H2,1-2H3. The normalized spacial score (nSPS) is 12.4. The summed E-state index contributed by atoms with van der Waals surface area (Å²) in [5, 5.41) is 7.32. The molecule has 1 atom stereocenters. The van der Waals surface area contributed by atoms with Gasteiger partial charge in [-0.2, -0.15) is 0 Å². The molecule has 0 radical (unpaired) electrons. The van der Waals surface area contributed by atoms with Gasteiger partial charge in [-0.3, -0.25) is 0 Å². The first-order chi connectivity index (χ1) is 8.35. The number of hydrogen-bond donors (Lipinski definition) is 1. The number of nitrogens with one attached hydrogen (secondary N) is 1. The molecule has 0 amide bonds. The Kier molecular flexibility index (Phi) is 4.06. The van der Waals surface area contributed by atoms with E-state index < -0.39 is 0 Å². The van der Waals surface area contributed by atoms with Crippen LogP contribution in [-0.4, -0.2) is 23.2 Å². The highest BCUT2D eigenvalue weighted by atomic mass is 32.1. The third-order valence-electron chi connectivity index (χ3n) is 2.52. The molecule has 0 aliphatic heterocycles. The van der Waals surface area contributed by atoms with Gasteiger partial charge in [0, 0.05) is 0 Å². The third kappa shape index (κ3) is 2.81. The van der Waals surface area contributed by atoms with Gasteiger partial charge >= 0.3 is 0 Å². The summed E-state index contributed by atoms with van der Waals surface area (Å²) >= 11 is 1.42. The Balaban J connectivity index is 2.26. The fraction of sp³-hybridized carbons (Fsp3) is 0.333. The van der Waals surface area contributed by atoms with Crippen LogP contribution in [0.2, 0.25) is 0 Å². The summed E-state index contributed by atoms with van der Waals surface area (Å²) in [6.45, 7) is 2.99. The minimum Gasteiger partial charge on any atom is -0.497 e. The van der Waals surface area contributed by atoms with E-state index in [9.17, 15) is 0 Å². The predicted octanol–water partition coefficient (Wildman–Crippen LogP) is 2.25. The maximum absolute atomic E-state index is 5.16. The molecule has 1 N–H and O–H groups in total. The SMILES string of the molecule is CCNC(c1ccc(OC)cc1)c1cnns1. The van der Waals surface area contributed by atoms with Crippen molar-refractivity contribution in [1.29, 1.82) is 0 Å². The first kappa shape index (κ1) is 12.0. The summed E-state index contributed by atoms with van der Waals surface area (Å²) in [5.41, 5.74) is 1.19. The van der Waals surface area contributed by atoms with Crippen LogP contribution in [0.5, 0.6) is 5.75 Å². The lowest BCUT2D eigenvalue weighted by Gasteiger charge is -2.16. The van der Waals surface area contributed by atoms with Crippen molar-refractivity contribution in [2.75, 3.05) is 13.7 Å². The topological polar surface area (TPSA) is 47.0 Å². The van der Waals surface area contributed by atoms with E-state index in [1.165, 1.54) is 17.1 Å². The molecule has 0 fully saturated rings. The minimum atomic E-state index is 0.158. The van der Waals surface area contributed by atoms with Gasteiger partial charge in [0.1, 0.15) is 5.75 Å². The van der Waals surface area contributed by atoms with E-state index in [1.807, 2.05) is 18.3 Å². The molecule has 2 aromatic rings. The van der Waals surface area contributed by atoms with Gasteiger partial charge < -0.3 is 10.1 Å². The Morgan fingerprint density at radius 2 is 2.12 bits per heavy atom. The van der Waals surface area contributed by atoms with Crippen molar-refractivity contribution in [2.24, 2.45) is 0 Å². The third-order valence-corrected chi connectivity index (χ3v) is 3.25. The summed E-state index contributed by atoms with van der Waals surface area (Å²) in [6, 6.07) is 8.21. The van der Waals surface area contributed by atoms with Crippen molar-refractivity contribution < 1.29 is 4.74 Å². The molecule has 1 aromatic carbocycles. The van der Waals surface area contributed by atoms with Crippen molar-refractivity contribution in [1.82, 2.24) is 14.9 Å². The summed E-state index contributed by atoms with van der Waals surface area (Å²) < 4.78 is 9.07. The van der Waals surface area contributed by atoms with Crippen LogP contribution < -0.4 is 10.1 Å². The van der Waals surface area contributed by atoms with Crippen LogP contribution in [0, 0.1) is 0 Å². The van der Waals surface area contributed by atoms with Gasteiger partial charge in [-0.25, -0.2) is 0 Å². The fourth-order valence-electron chi connectivity index (χ4n) is 1.69. The van der Waals surface area contributed by atoms with Gasteiger partial charge in [0.05, 0.1) is 24.2 Å². The van der Waals surface area contributed by atoms with E-state index in [2.05, 4.69) is 34.0 Å². The van der Waals surface area contributed by atoms with Crippen LogP contribution in [0.1, 0.15) is 23.4 Å². The summed E-state index contributed by atoms with van der Waals surface area (Å²) in [5.74, 6) is 0.867. The predicted molar refractivity (Wildman–Crippen MR) is 68.4 cm³/mol. The van der Waals surface area contributed by atoms with Crippen LogP contribution in [-0.2, 0) is 0 Å². The lowest BCUT2D eigenvalue weighted by atomic mass is 10.1. The molecule has 1 heterocycles. The van der Waals surface area contributed by atoms with Gasteiger partial charge in [0.25, 0.3) is 0 Å². The molecular formula is C12H15N3OS. The Morgan fingerprint density at radius 1 is 1.35 bits per heavy atom. The molecule has 1 unspecified atom stereocenters. The molecule has 0 bridgehead atoms. The van der Waals surface area contributed by atoms with Crippen molar-refractivity contribution in [3.63, 3.8) is 0 Å². The summed E-state index contributed by atoms with van der Waals surface area (Å²) in [7, 11) is 1.67. The molecule has 0 spiro atoms. The van der Waals surface area contributed by atoms with Gasteiger partial charge in [-0.1, -0.05) is 23.5 Å². The van der Waals surface area contributed by atoms with E-state index in [4.69, 9.17) is 4.74 Å². The molecule has 17 heavy (non-hydrogen) atoms. The molecule has 0 saturated carbocycles. The van der Waals surface area contributed by atoms with Crippen molar-refractivity contribution in [2.45, 2.75) is 13.0 Å². The van der Waals surface area contributed by atoms with Gasteiger partial charge in [-0.15, -0.1) is 5.10 Å². The van der Waals surface area contributed by atoms with Crippen molar-refractivity contribution in [3.05, 3.63) is 40.9 Å². The molecular weight excluding hydrogens is 234 g/mol. The average Bonchev–Trinajstić information content (AvgIpc) is 2.90. The van der Waals surface area contributed by atoms with Gasteiger partial charge in [0.2, 0.25) is 0 Å². The Labute approximate surface area is 105 Å². The van der Waals surface area contributed by atoms with E-state index in [-0.39, 0.29) is 6.04 Å². The monoisotopic (exact) mass is 249 g/mol. The number of methoxy groups -OCH3 is 1. The lowest BCUT2D eigenvalue weighted by Crippen LogP contribution is -2.21. The number of benzene rings is 1. The Morgan fingerprint density at radius 3 is 2.65 bits per heavy atom. The molecule has 0 aliphatic carbocycles. The van der Waals surface area contributed by atoms with Gasteiger partial charge in [-0.05, 0) is 35.8 Å². The zero-order chi connectivity index (χ0) is 12.1. The van der Waals surface area contributed by atoms with Crippen LogP contribution in [0.3, 0.4) is 0 Å². The molecule has 5 heteroatoms. The maximum atomic E-state index is 5.16. The number of nitrogens with zero attached hydrogens (tertiary/aromatic N) is 2. The first-order valence-corrected chi connectivity index (χ1v) is 6.27. The number of hydrogen-bond acceptors (Lipinski definition) is 5. The first-order valence-electron chi connectivity index (χ1n) is 5.49. The second kappa shape index (κ2) is 5.75. The molecule has 1 aromatic heterocycles. The van der Waals surface area contributed by atoms with E-state index in [0.717, 1.165) is 17.2 Å². The summed E-state index contributed by atoms with van der Waals surface area (Å²) in [4.78, 5) is 1.12. The highest BCUT2D eigenvalue weighted by molar-refractivity contribution is 7.05. The highest BCUT2D eigenvalue weighted by Crippen LogP contribution is 2.25. The minimum absolute atomic E-state index is 0.158. The highest BCUT2D eigenvalue weighted by Gasteiger charge is 2.15. The molecule has 0 saturated heterocycles. The number of aromatic nitrogens is 2. The zero-order valence-electron chi connectivity index (χ0n) is 9.88. The van der Waals surface area contributed by atoms with Crippen molar-refractivity contribution in [3.8, 4) is 5.75 Å². The molecule has 2 rings (SSSR count). The molecule has 0 aliphatic rings. The molecule has 90 valence electrons. The van der Waals surface area contributed by atoms with Crippen LogP contribution in [0.4, 0.5) is 0 Å². The average molecular weight is 249 g/mol. The molecule has 4 nitrogen and oxygen atoms in total. The Bertz CT molecular complexity index is 441. The van der Waals surface area contributed by atoms with E-state index in [1.54, 1.807) is 7.11 Å². The zero-order valence-corrected chi connectivity index (χ0v) is 10.7. The number of rotatable bonds is 5. The van der Waals surface area contributed by atoms with Gasteiger partial charge in [0.15, 0.2) is 0 Å². The van der Waals surface area contributed by atoms with Crippen LogP contribution >= 0.6 is 11.5 Å². The van der Waals surface area contributed by atoms with E-state index >= 15 is 0 Å². The Hall–Kier alpha value is -1.46.